The number of ether oxygens (including phenoxy) is 1. The Balaban J connectivity index is 2.89. The average Bonchev–Trinajstić information content (AvgIpc) is 2.19. The van der Waals surface area contributed by atoms with Gasteiger partial charge >= 0.3 is 0 Å². The first kappa shape index (κ1) is 10.6. The second-order valence-corrected chi connectivity index (χ2v) is 3.96. The van der Waals surface area contributed by atoms with Gasteiger partial charge in [-0.1, -0.05) is 32.9 Å². The molecule has 0 saturated carbocycles. The van der Waals surface area contributed by atoms with Crippen LogP contribution in [0.3, 0.4) is 0 Å². The normalized spacial score (nSPS) is 10.7. The molecular weight excluding hydrogens is 174 g/mol. The molecule has 1 aromatic carbocycles. The monoisotopic (exact) mass is 189 g/mol. The topological polar surface area (TPSA) is 33.0 Å². The van der Waals surface area contributed by atoms with Gasteiger partial charge in [-0.15, -0.1) is 5.26 Å². The highest BCUT2D eigenvalue weighted by molar-refractivity contribution is 5.31. The molecule has 2 heteroatoms. The molecule has 14 heavy (non-hydrogen) atoms. The zero-order chi connectivity index (χ0) is 10.6. The summed E-state index contributed by atoms with van der Waals surface area (Å²) >= 11 is 0. The van der Waals surface area contributed by atoms with E-state index >= 15 is 0 Å². The van der Waals surface area contributed by atoms with E-state index in [1.165, 1.54) is 5.56 Å². The van der Waals surface area contributed by atoms with Crippen LogP contribution in [0.2, 0.25) is 0 Å². The SMILES string of the molecule is CCC(C)(C)c1ccc(OC#N)cc1. The van der Waals surface area contributed by atoms with Crippen LogP contribution in [0.25, 0.3) is 0 Å². The molecule has 0 atom stereocenters. The molecular formula is C12H15NO. The van der Waals surface area contributed by atoms with E-state index < -0.39 is 0 Å². The van der Waals surface area contributed by atoms with Crippen molar-refractivity contribution < 1.29 is 4.74 Å². The molecule has 0 aliphatic heterocycles. The van der Waals surface area contributed by atoms with Gasteiger partial charge in [-0.25, -0.2) is 0 Å². The van der Waals surface area contributed by atoms with E-state index in [0.29, 0.717) is 5.75 Å². The fourth-order valence-electron chi connectivity index (χ4n) is 1.23. The number of benzene rings is 1. The molecule has 0 spiro atoms. The van der Waals surface area contributed by atoms with Crippen LogP contribution in [0.15, 0.2) is 24.3 Å². The van der Waals surface area contributed by atoms with Gasteiger partial charge in [0.25, 0.3) is 6.26 Å². The highest BCUT2D eigenvalue weighted by Gasteiger charge is 2.17. The van der Waals surface area contributed by atoms with Crippen LogP contribution in [0, 0.1) is 11.5 Å². The van der Waals surface area contributed by atoms with Gasteiger partial charge in [-0.2, -0.15) is 0 Å². The Morgan fingerprint density at radius 3 is 2.29 bits per heavy atom. The van der Waals surface area contributed by atoms with Crippen molar-refractivity contribution >= 4 is 0 Å². The minimum atomic E-state index is 0.186. The maximum Gasteiger partial charge on any atom is 0.292 e. The fourth-order valence-corrected chi connectivity index (χ4v) is 1.23. The summed E-state index contributed by atoms with van der Waals surface area (Å²) < 4.78 is 4.71. The molecule has 0 unspecified atom stereocenters. The van der Waals surface area contributed by atoms with Crippen molar-refractivity contribution in [2.45, 2.75) is 32.6 Å². The zero-order valence-corrected chi connectivity index (χ0v) is 8.87. The van der Waals surface area contributed by atoms with Crippen molar-refractivity contribution in [3.05, 3.63) is 29.8 Å². The van der Waals surface area contributed by atoms with Crippen molar-refractivity contribution in [3.63, 3.8) is 0 Å². The Kier molecular flexibility index (Phi) is 3.14. The van der Waals surface area contributed by atoms with Gasteiger partial charge in [0.05, 0.1) is 0 Å². The summed E-state index contributed by atoms with van der Waals surface area (Å²) in [5, 5.41) is 8.32. The Hall–Kier alpha value is -1.49. The molecule has 0 saturated heterocycles. The summed E-state index contributed by atoms with van der Waals surface area (Å²) in [7, 11) is 0. The molecule has 0 bridgehead atoms. The van der Waals surface area contributed by atoms with Gasteiger partial charge in [-0.3, -0.25) is 0 Å². The third kappa shape index (κ3) is 2.26. The summed E-state index contributed by atoms with van der Waals surface area (Å²) in [4.78, 5) is 0. The molecule has 1 aromatic rings. The van der Waals surface area contributed by atoms with Crippen molar-refractivity contribution in [2.24, 2.45) is 0 Å². The molecule has 0 aromatic heterocycles. The van der Waals surface area contributed by atoms with Crippen LogP contribution in [-0.4, -0.2) is 0 Å². The lowest BCUT2D eigenvalue weighted by atomic mass is 9.82. The summed E-state index contributed by atoms with van der Waals surface area (Å²) in [6.45, 7) is 6.57. The van der Waals surface area contributed by atoms with Crippen molar-refractivity contribution in [2.75, 3.05) is 0 Å². The van der Waals surface area contributed by atoms with E-state index in [-0.39, 0.29) is 5.41 Å². The quantitative estimate of drug-likeness (QED) is 0.684. The molecule has 0 fully saturated rings. The lowest BCUT2D eigenvalue weighted by Crippen LogP contribution is -2.14. The second kappa shape index (κ2) is 4.15. The molecule has 2 nitrogen and oxygen atoms in total. The number of nitrogens with zero attached hydrogens (tertiary/aromatic N) is 1. The fraction of sp³-hybridized carbons (Fsp3) is 0.417. The lowest BCUT2D eigenvalue weighted by Gasteiger charge is -2.23. The highest BCUT2D eigenvalue weighted by Crippen LogP contribution is 2.27. The zero-order valence-electron chi connectivity index (χ0n) is 8.87. The summed E-state index contributed by atoms with van der Waals surface area (Å²) in [5.41, 5.74) is 1.45. The smallest absolute Gasteiger partial charge is 0.292 e. The van der Waals surface area contributed by atoms with Crippen LogP contribution in [-0.2, 0) is 5.41 Å². The second-order valence-electron chi connectivity index (χ2n) is 3.96. The van der Waals surface area contributed by atoms with Gasteiger partial charge < -0.3 is 4.74 Å². The third-order valence-electron chi connectivity index (χ3n) is 2.68. The maximum absolute atomic E-state index is 8.32. The van der Waals surface area contributed by atoms with E-state index in [9.17, 15) is 0 Å². The summed E-state index contributed by atoms with van der Waals surface area (Å²) in [5.74, 6) is 0.600. The van der Waals surface area contributed by atoms with Crippen LogP contribution < -0.4 is 4.74 Å². The van der Waals surface area contributed by atoms with E-state index in [0.717, 1.165) is 6.42 Å². The summed E-state index contributed by atoms with van der Waals surface area (Å²) in [6.07, 6.45) is 2.74. The third-order valence-corrected chi connectivity index (χ3v) is 2.68. The largest absolute Gasteiger partial charge is 0.388 e. The first-order chi connectivity index (χ1) is 6.60. The van der Waals surface area contributed by atoms with E-state index in [2.05, 4.69) is 20.8 Å². The minimum absolute atomic E-state index is 0.186. The minimum Gasteiger partial charge on any atom is -0.388 e. The van der Waals surface area contributed by atoms with Gasteiger partial charge in [0, 0.05) is 0 Å². The van der Waals surface area contributed by atoms with Crippen LogP contribution >= 0.6 is 0 Å². The first-order valence-corrected chi connectivity index (χ1v) is 4.76. The lowest BCUT2D eigenvalue weighted by molar-refractivity contribution is 0.495. The molecule has 0 aliphatic carbocycles. The number of rotatable bonds is 3. The Morgan fingerprint density at radius 2 is 1.86 bits per heavy atom. The van der Waals surface area contributed by atoms with Gasteiger partial charge in [0.2, 0.25) is 0 Å². The van der Waals surface area contributed by atoms with Crippen molar-refractivity contribution in [1.82, 2.24) is 0 Å². The van der Waals surface area contributed by atoms with Gasteiger partial charge in [0.1, 0.15) is 5.75 Å². The standard InChI is InChI=1S/C12H15NO/c1-4-12(2,3)10-5-7-11(8-6-10)14-9-13/h5-8H,4H2,1-3H3. The number of hydrogen-bond acceptors (Lipinski definition) is 2. The average molecular weight is 189 g/mol. The molecule has 0 heterocycles. The Labute approximate surface area is 85.1 Å². The maximum atomic E-state index is 8.32. The van der Waals surface area contributed by atoms with Crippen LogP contribution in [0.5, 0.6) is 5.75 Å². The van der Waals surface area contributed by atoms with E-state index in [1.54, 1.807) is 6.26 Å². The molecule has 1 rings (SSSR count). The number of nitriles is 1. The molecule has 0 aliphatic rings. The molecule has 0 amide bonds. The molecule has 0 N–H and O–H groups in total. The Bertz CT molecular complexity index is 332. The van der Waals surface area contributed by atoms with Gasteiger partial charge in [-0.05, 0) is 29.5 Å². The van der Waals surface area contributed by atoms with Gasteiger partial charge in [0.15, 0.2) is 0 Å². The van der Waals surface area contributed by atoms with Crippen molar-refractivity contribution in [3.8, 4) is 12.0 Å². The summed E-state index contributed by atoms with van der Waals surface area (Å²) in [6, 6.07) is 7.68. The van der Waals surface area contributed by atoms with Crippen LogP contribution in [0.4, 0.5) is 0 Å². The number of hydrogen-bond donors (Lipinski definition) is 0. The first-order valence-electron chi connectivity index (χ1n) is 4.76. The van der Waals surface area contributed by atoms with E-state index in [1.807, 2.05) is 24.3 Å². The van der Waals surface area contributed by atoms with Crippen molar-refractivity contribution in [1.29, 1.82) is 5.26 Å². The highest BCUT2D eigenvalue weighted by atomic mass is 16.5. The Morgan fingerprint density at radius 1 is 1.29 bits per heavy atom. The molecule has 0 radical (unpaired) electrons. The predicted octanol–water partition coefficient (Wildman–Crippen LogP) is 3.23. The predicted molar refractivity (Wildman–Crippen MR) is 56.0 cm³/mol. The molecule has 74 valence electrons. The van der Waals surface area contributed by atoms with E-state index in [4.69, 9.17) is 10.00 Å². The van der Waals surface area contributed by atoms with Crippen LogP contribution in [0.1, 0.15) is 32.8 Å².